The molecule has 9 nitrogen and oxygen atoms in total. The summed E-state index contributed by atoms with van der Waals surface area (Å²) < 4.78 is 39.7. The van der Waals surface area contributed by atoms with Gasteiger partial charge in [-0.1, -0.05) is 12.1 Å². The van der Waals surface area contributed by atoms with Crippen LogP contribution >= 0.6 is 15.9 Å². The number of anilines is 1. The average Bonchev–Trinajstić information content (AvgIpc) is 2.98. The molecule has 40 heavy (non-hydrogen) atoms. The minimum atomic E-state index is -0.390. The summed E-state index contributed by atoms with van der Waals surface area (Å²) in [6.07, 6.45) is 0. The van der Waals surface area contributed by atoms with E-state index in [0.717, 1.165) is 16.3 Å². The molecule has 0 aliphatic rings. The van der Waals surface area contributed by atoms with Crippen LogP contribution in [-0.4, -0.2) is 55.7 Å². The quantitative estimate of drug-likeness (QED) is 0.215. The van der Waals surface area contributed by atoms with Crippen molar-refractivity contribution in [1.82, 2.24) is 0 Å². The van der Waals surface area contributed by atoms with Gasteiger partial charge in [0.25, 0.3) is 5.91 Å². The number of rotatable bonds is 10. The lowest BCUT2D eigenvalue weighted by Crippen LogP contribution is -2.15. The van der Waals surface area contributed by atoms with E-state index in [0.29, 0.717) is 61.5 Å². The molecule has 4 aromatic rings. The Labute approximate surface area is 241 Å². The van der Waals surface area contributed by atoms with Crippen LogP contribution in [0.15, 0.2) is 53.0 Å². The lowest BCUT2D eigenvalue weighted by molar-refractivity contribution is 0.102. The van der Waals surface area contributed by atoms with Crippen LogP contribution in [-0.2, 0) is 0 Å². The molecule has 210 valence electrons. The number of fused-ring (bicyclic) bond motifs is 1. The number of nitrogens with one attached hydrogen (secondary N) is 1. The highest BCUT2D eigenvalue weighted by Gasteiger charge is 2.24. The minimum absolute atomic E-state index is 0.296. The molecule has 0 aliphatic carbocycles. The third kappa shape index (κ3) is 5.02. The average molecular weight is 612 g/mol. The first-order chi connectivity index (χ1) is 19.4. The van der Waals surface area contributed by atoms with Crippen molar-refractivity contribution in [3.05, 3.63) is 58.6 Å². The van der Waals surface area contributed by atoms with Gasteiger partial charge < -0.3 is 38.5 Å². The van der Waals surface area contributed by atoms with Crippen LogP contribution in [0.25, 0.3) is 21.9 Å². The van der Waals surface area contributed by atoms with Crippen molar-refractivity contribution < 1.29 is 38.0 Å². The zero-order valence-corrected chi connectivity index (χ0v) is 24.8. The van der Waals surface area contributed by atoms with Crippen molar-refractivity contribution >= 4 is 38.3 Å². The molecule has 0 heterocycles. The van der Waals surface area contributed by atoms with E-state index in [-0.39, 0.29) is 5.91 Å². The summed E-state index contributed by atoms with van der Waals surface area (Å²) in [4.78, 5) is 13.6. The van der Waals surface area contributed by atoms with Gasteiger partial charge in [-0.2, -0.15) is 0 Å². The first-order valence-corrected chi connectivity index (χ1v) is 12.9. The Balaban J connectivity index is 1.96. The van der Waals surface area contributed by atoms with Crippen molar-refractivity contribution in [3.8, 4) is 51.4 Å². The Bertz CT molecular complexity index is 1540. The summed E-state index contributed by atoms with van der Waals surface area (Å²) >= 11 is 3.47. The van der Waals surface area contributed by atoms with Crippen LogP contribution < -0.4 is 38.5 Å². The van der Waals surface area contributed by atoms with E-state index < -0.39 is 0 Å². The summed E-state index contributed by atoms with van der Waals surface area (Å²) in [5, 5.41) is 4.54. The van der Waals surface area contributed by atoms with Gasteiger partial charge in [0.1, 0.15) is 0 Å². The van der Waals surface area contributed by atoms with Crippen molar-refractivity contribution in [3.63, 3.8) is 0 Å². The predicted molar refractivity (Wildman–Crippen MR) is 157 cm³/mol. The number of hydrogen-bond acceptors (Lipinski definition) is 8. The lowest BCUT2D eigenvalue weighted by Gasteiger charge is -2.20. The predicted octanol–water partition coefficient (Wildman–Crippen LogP) is 6.58. The minimum Gasteiger partial charge on any atom is -0.493 e. The van der Waals surface area contributed by atoms with E-state index in [2.05, 4.69) is 21.2 Å². The third-order valence-corrected chi connectivity index (χ3v) is 7.11. The third-order valence-electron chi connectivity index (χ3n) is 6.45. The summed E-state index contributed by atoms with van der Waals surface area (Å²) in [6.45, 7) is 0. The SMILES string of the molecule is COc1cc(-c2c(OC)c(OC)cc3c(NC(=O)c4c(Br)ccc(OC)c4OC)cccc23)cc(OC)c1OC. The Morgan fingerprint density at radius 1 is 0.625 bits per heavy atom. The maximum Gasteiger partial charge on any atom is 0.260 e. The molecule has 4 aromatic carbocycles. The molecule has 0 saturated heterocycles. The molecule has 0 radical (unpaired) electrons. The number of hydrogen-bond donors (Lipinski definition) is 1. The number of halogens is 1. The van der Waals surface area contributed by atoms with Crippen LogP contribution in [0.4, 0.5) is 5.69 Å². The molecular formula is C30H30BrNO8. The van der Waals surface area contributed by atoms with Crippen molar-refractivity contribution in [2.24, 2.45) is 0 Å². The van der Waals surface area contributed by atoms with E-state index in [1.54, 1.807) is 47.7 Å². The molecular weight excluding hydrogens is 582 g/mol. The van der Waals surface area contributed by atoms with Gasteiger partial charge in [0.05, 0.1) is 55.3 Å². The topological polar surface area (TPSA) is 93.7 Å². The van der Waals surface area contributed by atoms with E-state index in [1.165, 1.54) is 14.2 Å². The maximum absolute atomic E-state index is 13.6. The van der Waals surface area contributed by atoms with E-state index in [1.807, 2.05) is 36.4 Å². The fourth-order valence-corrected chi connectivity index (χ4v) is 5.15. The number of methoxy groups -OCH3 is 7. The van der Waals surface area contributed by atoms with Gasteiger partial charge in [0.2, 0.25) is 5.75 Å². The molecule has 4 rings (SSSR count). The molecule has 0 atom stereocenters. The van der Waals surface area contributed by atoms with Gasteiger partial charge in [-0.25, -0.2) is 0 Å². The van der Waals surface area contributed by atoms with Crippen LogP contribution in [0.1, 0.15) is 10.4 Å². The van der Waals surface area contributed by atoms with Crippen LogP contribution in [0.2, 0.25) is 0 Å². The zero-order chi connectivity index (χ0) is 29.0. The van der Waals surface area contributed by atoms with Gasteiger partial charge >= 0.3 is 0 Å². The highest BCUT2D eigenvalue weighted by molar-refractivity contribution is 9.10. The van der Waals surface area contributed by atoms with Crippen molar-refractivity contribution in [1.29, 1.82) is 0 Å². The first kappa shape index (κ1) is 28.7. The molecule has 1 amide bonds. The summed E-state index contributed by atoms with van der Waals surface area (Å²) in [6, 6.07) is 14.5. The second kappa shape index (κ2) is 12.3. The Morgan fingerprint density at radius 2 is 1.20 bits per heavy atom. The van der Waals surface area contributed by atoms with Crippen LogP contribution in [0, 0.1) is 0 Å². The maximum atomic E-state index is 13.6. The Kier molecular flexibility index (Phi) is 8.79. The second-order valence-electron chi connectivity index (χ2n) is 8.41. The van der Waals surface area contributed by atoms with E-state index in [4.69, 9.17) is 33.2 Å². The Hall–Kier alpha value is -4.31. The molecule has 0 bridgehead atoms. The van der Waals surface area contributed by atoms with Crippen molar-refractivity contribution in [2.75, 3.05) is 55.1 Å². The van der Waals surface area contributed by atoms with Crippen LogP contribution in [0.3, 0.4) is 0 Å². The van der Waals surface area contributed by atoms with Crippen LogP contribution in [0.5, 0.6) is 40.2 Å². The normalized spacial score (nSPS) is 10.6. The fourth-order valence-electron chi connectivity index (χ4n) is 4.66. The highest BCUT2D eigenvalue weighted by Crippen LogP contribution is 2.49. The standard InChI is InChI=1S/C30H30BrNO8/c1-34-21-12-11-19(31)26(28(21)39-6)30(33)32-20-10-8-9-17-18(20)15-24(37-4)29(40-7)25(17)16-13-22(35-2)27(38-5)23(14-16)36-3/h8-15H,1-7H3,(H,32,33). The smallest absolute Gasteiger partial charge is 0.260 e. The summed E-state index contributed by atoms with van der Waals surface area (Å²) in [7, 11) is 10.8. The first-order valence-electron chi connectivity index (χ1n) is 12.1. The molecule has 0 spiro atoms. The van der Waals surface area contributed by atoms with Gasteiger partial charge in [0, 0.05) is 21.1 Å². The van der Waals surface area contributed by atoms with E-state index in [9.17, 15) is 4.79 Å². The fraction of sp³-hybridized carbons (Fsp3) is 0.233. The van der Waals surface area contributed by atoms with E-state index >= 15 is 0 Å². The number of carbonyl (C=O) groups is 1. The molecule has 0 unspecified atom stereocenters. The summed E-state index contributed by atoms with van der Waals surface area (Å²) in [5.74, 6) is 2.76. The molecule has 10 heteroatoms. The molecule has 0 aliphatic heterocycles. The second-order valence-corrected chi connectivity index (χ2v) is 9.27. The number of amides is 1. The number of carbonyl (C=O) groups excluding carboxylic acids is 1. The number of benzene rings is 4. The van der Waals surface area contributed by atoms with Gasteiger partial charge in [0.15, 0.2) is 34.5 Å². The zero-order valence-electron chi connectivity index (χ0n) is 23.3. The van der Waals surface area contributed by atoms with Gasteiger partial charge in [-0.05, 0) is 63.3 Å². The lowest BCUT2D eigenvalue weighted by atomic mass is 9.94. The summed E-state index contributed by atoms with van der Waals surface area (Å²) in [5.41, 5.74) is 2.29. The van der Waals surface area contributed by atoms with Gasteiger partial charge in [-0.15, -0.1) is 0 Å². The Morgan fingerprint density at radius 3 is 1.75 bits per heavy atom. The molecule has 1 N–H and O–H groups in total. The monoisotopic (exact) mass is 611 g/mol. The molecule has 0 fully saturated rings. The largest absolute Gasteiger partial charge is 0.493 e. The number of ether oxygens (including phenoxy) is 7. The molecule has 0 saturated carbocycles. The molecule has 0 aromatic heterocycles. The highest BCUT2D eigenvalue weighted by atomic mass is 79.9. The van der Waals surface area contributed by atoms with Gasteiger partial charge in [-0.3, -0.25) is 4.79 Å². The van der Waals surface area contributed by atoms with Crippen molar-refractivity contribution in [2.45, 2.75) is 0 Å².